The van der Waals surface area contributed by atoms with Crippen LogP contribution < -0.4 is 0 Å². The van der Waals surface area contributed by atoms with Gasteiger partial charge in [-0.25, -0.2) is 9.59 Å². The van der Waals surface area contributed by atoms with Gasteiger partial charge in [-0.2, -0.15) is 0 Å². The summed E-state index contributed by atoms with van der Waals surface area (Å²) in [5, 5.41) is 21.3. The van der Waals surface area contributed by atoms with Gasteiger partial charge in [0.1, 0.15) is 0 Å². The van der Waals surface area contributed by atoms with Crippen LogP contribution in [0.5, 0.6) is 0 Å². The van der Waals surface area contributed by atoms with E-state index in [0.29, 0.717) is 0 Å². The van der Waals surface area contributed by atoms with Crippen LogP contribution in [0.1, 0.15) is 57.1 Å². The molecule has 0 aromatic heterocycles. The van der Waals surface area contributed by atoms with Crippen LogP contribution in [0.3, 0.4) is 0 Å². The molecule has 4 unspecified atom stereocenters. The van der Waals surface area contributed by atoms with Crippen LogP contribution >= 0.6 is 0 Å². The third-order valence-electron chi connectivity index (χ3n) is 5.87. The largest absolute Gasteiger partial charge is 0.463 e. The molecule has 0 saturated carbocycles. The lowest BCUT2D eigenvalue weighted by Gasteiger charge is -2.29. The summed E-state index contributed by atoms with van der Waals surface area (Å²) in [5.74, 6) is -2.37. The monoisotopic (exact) mass is 428 g/mol. The lowest BCUT2D eigenvalue weighted by Crippen LogP contribution is -2.42. The van der Waals surface area contributed by atoms with Crippen LogP contribution in [0, 0.1) is 0 Å². The molecule has 0 spiro atoms. The van der Waals surface area contributed by atoms with Crippen molar-refractivity contribution in [2.75, 3.05) is 13.2 Å². The maximum absolute atomic E-state index is 12.4. The first kappa shape index (κ1) is 24.6. The van der Waals surface area contributed by atoms with Crippen LogP contribution in [0.25, 0.3) is 0 Å². The minimum atomic E-state index is -1.69. The number of carbonyl (C=O) groups excluding carboxylic acids is 2. The highest BCUT2D eigenvalue weighted by Gasteiger charge is 2.40. The number of ether oxygens (including phenoxy) is 2. The topological polar surface area (TPSA) is 93.1 Å². The molecule has 31 heavy (non-hydrogen) atoms. The van der Waals surface area contributed by atoms with Crippen molar-refractivity contribution in [2.24, 2.45) is 0 Å². The summed E-state index contributed by atoms with van der Waals surface area (Å²) < 4.78 is 10.4. The number of carbonyl (C=O) groups is 2. The summed E-state index contributed by atoms with van der Waals surface area (Å²) in [4.78, 5) is 24.7. The van der Waals surface area contributed by atoms with Gasteiger partial charge in [0.2, 0.25) is 0 Å². The number of esters is 2. The number of aliphatic hydroxyl groups is 2. The summed E-state index contributed by atoms with van der Waals surface area (Å²) in [7, 11) is 0. The maximum Gasteiger partial charge on any atom is 0.338 e. The number of hydrogen-bond acceptors (Lipinski definition) is 6. The average molecular weight is 429 g/mol. The van der Waals surface area contributed by atoms with Crippen molar-refractivity contribution in [1.29, 1.82) is 0 Å². The molecule has 2 rings (SSSR count). The first-order valence-corrected chi connectivity index (χ1v) is 10.5. The van der Waals surface area contributed by atoms with E-state index < -0.39 is 35.0 Å². The predicted octanol–water partition coefficient (Wildman–Crippen LogP) is 3.57. The van der Waals surface area contributed by atoms with E-state index in [1.807, 2.05) is 60.7 Å². The molecule has 168 valence electrons. The Morgan fingerprint density at radius 2 is 1.06 bits per heavy atom. The van der Waals surface area contributed by atoms with Gasteiger partial charge in [0.15, 0.2) is 11.2 Å². The van der Waals surface area contributed by atoms with E-state index in [1.165, 1.54) is 13.8 Å². The summed E-state index contributed by atoms with van der Waals surface area (Å²) in [6, 6.07) is 18.5. The smallest absolute Gasteiger partial charge is 0.338 e. The fourth-order valence-electron chi connectivity index (χ4n) is 3.17. The average Bonchev–Trinajstić information content (AvgIpc) is 2.78. The molecule has 0 bridgehead atoms. The fourth-order valence-corrected chi connectivity index (χ4v) is 3.17. The van der Waals surface area contributed by atoms with Gasteiger partial charge in [-0.15, -0.1) is 0 Å². The molecular formula is C25H32O6. The molecule has 0 amide bonds. The molecule has 4 atom stereocenters. The Morgan fingerprint density at radius 3 is 1.39 bits per heavy atom. The summed E-state index contributed by atoms with van der Waals surface area (Å²) in [6.07, 6.45) is 0.253. The predicted molar refractivity (Wildman–Crippen MR) is 117 cm³/mol. The van der Waals surface area contributed by atoms with Crippen LogP contribution in [-0.4, -0.2) is 46.6 Å². The Labute approximate surface area is 183 Å². The molecule has 0 aliphatic heterocycles. The zero-order valence-electron chi connectivity index (χ0n) is 18.6. The maximum atomic E-state index is 12.4. The standard InChI is InChI=1S/C25H32O6/c1-18(20-12-7-5-8-13-20)24(3,28)22(26)30-16-11-17-31-23(27)25(4,29)19(2)21-14-9-6-10-15-21/h5-10,12-15,18-19,28-29H,11,16-17H2,1-4H3. The van der Waals surface area contributed by atoms with E-state index >= 15 is 0 Å². The minimum Gasteiger partial charge on any atom is -0.463 e. The quantitative estimate of drug-likeness (QED) is 0.444. The van der Waals surface area contributed by atoms with Crippen LogP contribution in [0.4, 0.5) is 0 Å². The zero-order chi connectivity index (χ0) is 23.1. The first-order chi connectivity index (χ1) is 14.6. The van der Waals surface area contributed by atoms with Gasteiger partial charge >= 0.3 is 11.9 Å². The Bertz CT molecular complexity index is 773. The van der Waals surface area contributed by atoms with Gasteiger partial charge in [0.25, 0.3) is 0 Å². The van der Waals surface area contributed by atoms with Gasteiger partial charge < -0.3 is 19.7 Å². The number of rotatable bonds is 10. The number of benzene rings is 2. The third kappa shape index (κ3) is 6.15. The van der Waals surface area contributed by atoms with Gasteiger partial charge in [-0.1, -0.05) is 74.5 Å². The normalized spacial score (nSPS) is 17.0. The second-order valence-corrected chi connectivity index (χ2v) is 8.19. The molecule has 6 heteroatoms. The molecule has 2 aromatic carbocycles. The molecule has 0 radical (unpaired) electrons. The minimum absolute atomic E-state index is 0.0137. The van der Waals surface area contributed by atoms with Gasteiger partial charge in [-0.05, 0) is 25.0 Å². The molecule has 0 fully saturated rings. The highest BCUT2D eigenvalue weighted by molar-refractivity contribution is 5.80. The van der Waals surface area contributed by atoms with E-state index in [2.05, 4.69) is 0 Å². The molecular weight excluding hydrogens is 396 g/mol. The molecule has 0 saturated heterocycles. The lowest BCUT2D eigenvalue weighted by atomic mass is 9.85. The zero-order valence-corrected chi connectivity index (χ0v) is 18.6. The molecule has 2 aromatic rings. The van der Waals surface area contributed by atoms with E-state index in [-0.39, 0.29) is 19.6 Å². The van der Waals surface area contributed by atoms with Crippen LogP contribution in [0.2, 0.25) is 0 Å². The third-order valence-corrected chi connectivity index (χ3v) is 5.87. The lowest BCUT2D eigenvalue weighted by molar-refractivity contribution is -0.168. The van der Waals surface area contributed by atoms with Crippen molar-refractivity contribution in [3.63, 3.8) is 0 Å². The van der Waals surface area contributed by atoms with Gasteiger partial charge in [0, 0.05) is 18.3 Å². The Morgan fingerprint density at radius 1 is 0.742 bits per heavy atom. The summed E-state index contributed by atoms with van der Waals surface area (Å²) in [5.41, 5.74) is -1.72. The SMILES string of the molecule is CC(c1ccccc1)C(C)(O)C(=O)OCCCOC(=O)C(C)(O)C(C)c1ccccc1. The van der Waals surface area contributed by atoms with Crippen LogP contribution in [0.15, 0.2) is 60.7 Å². The number of hydrogen-bond donors (Lipinski definition) is 2. The second-order valence-electron chi connectivity index (χ2n) is 8.19. The molecule has 6 nitrogen and oxygen atoms in total. The Kier molecular flexibility index (Phi) is 8.36. The van der Waals surface area contributed by atoms with Crippen molar-refractivity contribution < 1.29 is 29.3 Å². The van der Waals surface area contributed by atoms with Crippen LogP contribution in [-0.2, 0) is 19.1 Å². The molecule has 0 aliphatic carbocycles. The highest BCUT2D eigenvalue weighted by atomic mass is 16.6. The fraction of sp³-hybridized carbons (Fsp3) is 0.440. The van der Waals surface area contributed by atoms with E-state index in [4.69, 9.17) is 9.47 Å². The van der Waals surface area contributed by atoms with E-state index in [9.17, 15) is 19.8 Å². The van der Waals surface area contributed by atoms with Crippen molar-refractivity contribution in [1.82, 2.24) is 0 Å². The van der Waals surface area contributed by atoms with Crippen molar-refractivity contribution in [3.05, 3.63) is 71.8 Å². The van der Waals surface area contributed by atoms with Crippen molar-refractivity contribution in [3.8, 4) is 0 Å². The van der Waals surface area contributed by atoms with Gasteiger partial charge in [0.05, 0.1) is 13.2 Å². The Balaban J connectivity index is 1.79. The molecule has 0 heterocycles. The first-order valence-electron chi connectivity index (χ1n) is 10.5. The second kappa shape index (κ2) is 10.6. The van der Waals surface area contributed by atoms with Crippen molar-refractivity contribution in [2.45, 2.75) is 57.2 Å². The van der Waals surface area contributed by atoms with Gasteiger partial charge in [-0.3, -0.25) is 0 Å². The van der Waals surface area contributed by atoms with Crippen molar-refractivity contribution >= 4 is 11.9 Å². The summed E-state index contributed by atoms with van der Waals surface area (Å²) >= 11 is 0. The van der Waals surface area contributed by atoms with E-state index in [0.717, 1.165) is 11.1 Å². The molecule has 2 N–H and O–H groups in total. The molecule has 0 aliphatic rings. The summed E-state index contributed by atoms with van der Waals surface area (Å²) in [6.45, 7) is 6.34. The van der Waals surface area contributed by atoms with E-state index in [1.54, 1.807) is 13.8 Å². The Hall–Kier alpha value is -2.70. The highest BCUT2D eigenvalue weighted by Crippen LogP contribution is 2.30.